The molecular weight excluding hydrogens is 445 g/mol. The van der Waals surface area contributed by atoms with Crippen molar-refractivity contribution >= 4 is 40.8 Å². The van der Waals surface area contributed by atoms with Gasteiger partial charge in [-0.1, -0.05) is 35.3 Å². The molecule has 0 saturated carbocycles. The molecule has 0 aromatic heterocycles. The largest absolute Gasteiger partial charge is 0.386 e. The summed E-state index contributed by atoms with van der Waals surface area (Å²) in [5, 5.41) is 11.2. The first-order valence-corrected chi connectivity index (χ1v) is 10.3. The number of rotatable bonds is 8. The monoisotopic (exact) mass is 467 g/mol. The first-order valence-electron chi connectivity index (χ1n) is 9.50. The fraction of sp³-hybridized carbons (Fsp3) is 0.333. The van der Waals surface area contributed by atoms with Gasteiger partial charge in [-0.15, -0.1) is 0 Å². The van der Waals surface area contributed by atoms with E-state index in [0.29, 0.717) is 34.5 Å². The number of halogens is 2. The van der Waals surface area contributed by atoms with Crippen LogP contribution in [0.4, 0.5) is 10.5 Å². The molecular formula is C21H23Cl2N3O5. The molecule has 1 aliphatic heterocycles. The van der Waals surface area contributed by atoms with Crippen molar-refractivity contribution in [3.8, 4) is 0 Å². The maximum Gasteiger partial charge on any atom is 0.320 e. The molecule has 0 aliphatic carbocycles. The van der Waals surface area contributed by atoms with E-state index in [9.17, 15) is 14.7 Å². The fourth-order valence-corrected chi connectivity index (χ4v) is 3.57. The summed E-state index contributed by atoms with van der Waals surface area (Å²) in [6.07, 6.45) is -0.942. The van der Waals surface area contributed by atoms with Crippen molar-refractivity contribution < 1.29 is 24.2 Å². The minimum absolute atomic E-state index is 0.0105. The zero-order valence-electron chi connectivity index (χ0n) is 16.9. The predicted octanol–water partition coefficient (Wildman–Crippen LogP) is 3.19. The maximum atomic E-state index is 13.2. The summed E-state index contributed by atoms with van der Waals surface area (Å²) in [6, 6.07) is 9.17. The quantitative estimate of drug-likeness (QED) is 0.579. The third-order valence-corrected chi connectivity index (χ3v) is 5.60. The molecule has 166 valence electrons. The van der Waals surface area contributed by atoms with Gasteiger partial charge >= 0.3 is 6.03 Å². The van der Waals surface area contributed by atoms with Crippen LogP contribution < -0.4 is 10.6 Å². The van der Waals surface area contributed by atoms with E-state index >= 15 is 0 Å². The molecule has 0 saturated heterocycles. The third kappa shape index (κ3) is 5.47. The van der Waals surface area contributed by atoms with Crippen LogP contribution >= 0.6 is 23.2 Å². The number of anilines is 1. The molecule has 0 bridgehead atoms. The Morgan fingerprint density at radius 1 is 1.19 bits per heavy atom. The zero-order chi connectivity index (χ0) is 22.5. The molecule has 2 aromatic rings. The van der Waals surface area contributed by atoms with E-state index in [2.05, 4.69) is 0 Å². The number of urea groups is 1. The second-order valence-electron chi connectivity index (χ2n) is 7.02. The number of aliphatic hydroxyl groups excluding tert-OH is 1. The summed E-state index contributed by atoms with van der Waals surface area (Å²) in [6.45, 7) is 0.981. The summed E-state index contributed by atoms with van der Waals surface area (Å²) < 4.78 is 10.3. The number of benzene rings is 2. The van der Waals surface area contributed by atoms with Crippen LogP contribution in [0.3, 0.4) is 0 Å². The molecule has 3 N–H and O–H groups in total. The highest BCUT2D eigenvalue weighted by atomic mass is 35.5. The number of nitrogens with zero attached hydrogens (tertiary/aromatic N) is 2. The molecule has 10 heteroatoms. The minimum Gasteiger partial charge on any atom is -0.386 e. The van der Waals surface area contributed by atoms with Gasteiger partial charge in [-0.2, -0.15) is 0 Å². The smallest absolute Gasteiger partial charge is 0.320 e. The predicted molar refractivity (Wildman–Crippen MR) is 117 cm³/mol. The molecule has 1 atom stereocenters. The SMILES string of the molecule is COCCOCC(O)c1ccc2c(c1)C(=O)N(Cc1ccc(Cl)c(Cl)c1)CN2C(N)=O. The first kappa shape index (κ1) is 23.3. The number of carbonyl (C=O) groups excluding carboxylic acids is 2. The fourth-order valence-electron chi connectivity index (χ4n) is 3.25. The van der Waals surface area contributed by atoms with Crippen LogP contribution in [0.2, 0.25) is 10.0 Å². The number of hydrogen-bond acceptors (Lipinski definition) is 5. The van der Waals surface area contributed by atoms with Crippen molar-refractivity contribution in [2.45, 2.75) is 12.6 Å². The van der Waals surface area contributed by atoms with Crippen molar-refractivity contribution in [2.75, 3.05) is 38.5 Å². The Bertz CT molecular complexity index is 972. The maximum absolute atomic E-state index is 13.2. The van der Waals surface area contributed by atoms with Crippen molar-refractivity contribution in [2.24, 2.45) is 5.73 Å². The van der Waals surface area contributed by atoms with Crippen molar-refractivity contribution in [3.05, 3.63) is 63.1 Å². The number of carbonyl (C=O) groups is 2. The highest BCUT2D eigenvalue weighted by Gasteiger charge is 2.32. The van der Waals surface area contributed by atoms with Crippen molar-refractivity contribution in [1.82, 2.24) is 4.90 Å². The van der Waals surface area contributed by atoms with Crippen LogP contribution in [0.1, 0.15) is 27.6 Å². The van der Waals surface area contributed by atoms with Gasteiger partial charge in [-0.3, -0.25) is 9.69 Å². The number of aliphatic hydroxyl groups is 1. The number of primary amides is 1. The van der Waals surface area contributed by atoms with Crippen LogP contribution in [0, 0.1) is 0 Å². The van der Waals surface area contributed by atoms with Gasteiger partial charge < -0.3 is 25.2 Å². The van der Waals surface area contributed by atoms with E-state index in [1.807, 2.05) is 0 Å². The van der Waals surface area contributed by atoms with Crippen LogP contribution in [0.15, 0.2) is 36.4 Å². The highest BCUT2D eigenvalue weighted by molar-refractivity contribution is 6.42. The average molecular weight is 468 g/mol. The van der Waals surface area contributed by atoms with Gasteiger partial charge in [0.1, 0.15) is 12.8 Å². The summed E-state index contributed by atoms with van der Waals surface area (Å²) in [4.78, 5) is 28.0. The van der Waals surface area contributed by atoms with Gasteiger partial charge in [0.05, 0.1) is 41.1 Å². The Morgan fingerprint density at radius 2 is 1.97 bits per heavy atom. The van der Waals surface area contributed by atoms with E-state index < -0.39 is 12.1 Å². The Labute approximate surface area is 190 Å². The van der Waals surface area contributed by atoms with E-state index in [0.717, 1.165) is 5.56 Å². The summed E-state index contributed by atoms with van der Waals surface area (Å²) >= 11 is 12.0. The van der Waals surface area contributed by atoms with Gasteiger partial charge in [0, 0.05) is 13.7 Å². The lowest BCUT2D eigenvalue weighted by atomic mass is 10.0. The number of fused-ring (bicyclic) bond motifs is 1. The van der Waals surface area contributed by atoms with E-state index in [1.54, 1.807) is 43.5 Å². The normalized spacial score (nSPS) is 14.5. The Kier molecular flexibility index (Phi) is 7.74. The molecule has 0 spiro atoms. The van der Waals surface area contributed by atoms with Crippen LogP contribution in [-0.2, 0) is 16.0 Å². The summed E-state index contributed by atoms with van der Waals surface area (Å²) in [5.74, 6) is -0.298. The van der Waals surface area contributed by atoms with Gasteiger partial charge in [0.2, 0.25) is 0 Å². The molecule has 3 rings (SSSR count). The second kappa shape index (κ2) is 10.3. The Morgan fingerprint density at radius 3 is 2.65 bits per heavy atom. The summed E-state index contributed by atoms with van der Waals surface area (Å²) in [5.41, 5.74) is 7.44. The molecule has 31 heavy (non-hydrogen) atoms. The number of methoxy groups -OCH3 is 1. The molecule has 0 fully saturated rings. The molecule has 1 unspecified atom stereocenters. The lowest BCUT2D eigenvalue weighted by Gasteiger charge is -2.36. The lowest BCUT2D eigenvalue weighted by Crippen LogP contribution is -2.50. The van der Waals surface area contributed by atoms with Gasteiger partial charge in [0.15, 0.2) is 0 Å². The lowest BCUT2D eigenvalue weighted by molar-refractivity contribution is 0.0126. The minimum atomic E-state index is -0.942. The first-order chi connectivity index (χ1) is 14.8. The number of ether oxygens (including phenoxy) is 2. The van der Waals surface area contributed by atoms with Crippen LogP contribution in [-0.4, -0.2) is 55.5 Å². The molecule has 1 aliphatic rings. The molecule has 3 amide bonds. The van der Waals surface area contributed by atoms with Gasteiger partial charge in [0.25, 0.3) is 5.91 Å². The van der Waals surface area contributed by atoms with E-state index in [1.165, 1.54) is 9.80 Å². The van der Waals surface area contributed by atoms with Gasteiger partial charge in [-0.25, -0.2) is 4.79 Å². The van der Waals surface area contributed by atoms with E-state index in [4.69, 9.17) is 38.4 Å². The van der Waals surface area contributed by atoms with E-state index in [-0.39, 0.29) is 31.3 Å². The van der Waals surface area contributed by atoms with Crippen molar-refractivity contribution in [1.29, 1.82) is 0 Å². The highest BCUT2D eigenvalue weighted by Crippen LogP contribution is 2.31. The second-order valence-corrected chi connectivity index (χ2v) is 7.83. The molecule has 0 radical (unpaired) electrons. The Balaban J connectivity index is 1.85. The topological polar surface area (TPSA) is 105 Å². The van der Waals surface area contributed by atoms with Gasteiger partial charge in [-0.05, 0) is 35.4 Å². The third-order valence-electron chi connectivity index (χ3n) is 4.86. The molecule has 2 aromatic carbocycles. The van der Waals surface area contributed by atoms with Crippen LogP contribution in [0.25, 0.3) is 0 Å². The standard InChI is InChI=1S/C21H23Cl2N3O5/c1-30-6-7-31-11-19(27)14-3-5-18-15(9-14)20(28)25(12-26(18)21(24)29)10-13-2-4-16(22)17(23)8-13/h2-5,8-9,19,27H,6-7,10-12H2,1H3,(H2,24,29). The average Bonchev–Trinajstić information content (AvgIpc) is 2.75. The number of amides is 3. The summed E-state index contributed by atoms with van der Waals surface area (Å²) in [7, 11) is 1.56. The molecule has 8 nitrogen and oxygen atoms in total. The van der Waals surface area contributed by atoms with Crippen LogP contribution in [0.5, 0.6) is 0 Å². The zero-order valence-corrected chi connectivity index (χ0v) is 18.4. The number of nitrogens with two attached hydrogens (primary N) is 1. The Hall–Kier alpha value is -2.36. The van der Waals surface area contributed by atoms with Crippen molar-refractivity contribution in [3.63, 3.8) is 0 Å². The molecule has 1 heterocycles. The number of hydrogen-bond donors (Lipinski definition) is 2.